The van der Waals surface area contributed by atoms with Gasteiger partial charge in [0.1, 0.15) is 0 Å². The fourth-order valence-electron chi connectivity index (χ4n) is 3.49. The zero-order valence-electron chi connectivity index (χ0n) is 16.8. The summed E-state index contributed by atoms with van der Waals surface area (Å²) < 4.78 is 0. The van der Waals surface area contributed by atoms with E-state index in [1.807, 2.05) is 36.4 Å². The lowest BCUT2D eigenvalue weighted by molar-refractivity contribution is -0.116. The predicted molar refractivity (Wildman–Crippen MR) is 114 cm³/mol. The van der Waals surface area contributed by atoms with Gasteiger partial charge in [-0.15, -0.1) is 0 Å². The Kier molecular flexibility index (Phi) is 6.69. The second-order valence-electron chi connectivity index (χ2n) is 7.54. The van der Waals surface area contributed by atoms with E-state index in [1.54, 1.807) is 19.0 Å². The van der Waals surface area contributed by atoms with Crippen LogP contribution in [0.1, 0.15) is 41.6 Å². The molecule has 1 N–H and O–H groups in total. The van der Waals surface area contributed by atoms with Gasteiger partial charge in [-0.05, 0) is 61.6 Å². The minimum Gasteiger partial charge on any atom is -0.371 e. The molecule has 2 aromatic rings. The molecule has 0 atom stereocenters. The number of rotatable bonds is 6. The lowest BCUT2D eigenvalue weighted by atomic mass is 10.1. The molecule has 1 heterocycles. The summed E-state index contributed by atoms with van der Waals surface area (Å²) in [6, 6.07) is 15.6. The maximum absolute atomic E-state index is 12.4. The minimum atomic E-state index is -0.0159. The fourth-order valence-corrected chi connectivity index (χ4v) is 3.49. The van der Waals surface area contributed by atoms with Gasteiger partial charge in [-0.3, -0.25) is 9.59 Å². The average Bonchev–Trinajstić information content (AvgIpc) is 2.73. The number of hydrogen-bond acceptors (Lipinski definition) is 3. The summed E-state index contributed by atoms with van der Waals surface area (Å²) in [6.07, 6.45) is 4.82. The van der Waals surface area contributed by atoms with Crippen molar-refractivity contribution in [1.29, 1.82) is 0 Å². The normalized spacial score (nSPS) is 13.9. The fraction of sp³-hybridized carbons (Fsp3) is 0.391. The molecule has 0 aromatic heterocycles. The van der Waals surface area contributed by atoms with Crippen LogP contribution in [0, 0.1) is 0 Å². The minimum absolute atomic E-state index is 0.00392. The van der Waals surface area contributed by atoms with Crippen LogP contribution in [0.2, 0.25) is 0 Å². The Balaban J connectivity index is 1.52. The van der Waals surface area contributed by atoms with E-state index in [1.165, 1.54) is 24.9 Å². The zero-order valence-corrected chi connectivity index (χ0v) is 16.8. The Morgan fingerprint density at radius 3 is 2.39 bits per heavy atom. The Hall–Kier alpha value is -2.82. The van der Waals surface area contributed by atoms with Crippen LogP contribution < -0.4 is 10.2 Å². The van der Waals surface area contributed by atoms with Gasteiger partial charge in [0.15, 0.2) is 0 Å². The number of benzene rings is 2. The van der Waals surface area contributed by atoms with Gasteiger partial charge in [0, 0.05) is 50.5 Å². The quantitative estimate of drug-likeness (QED) is 0.827. The van der Waals surface area contributed by atoms with Crippen LogP contribution in [0.4, 0.5) is 11.4 Å². The molecule has 0 aliphatic carbocycles. The molecule has 5 nitrogen and oxygen atoms in total. The third-order valence-electron chi connectivity index (χ3n) is 5.10. The highest BCUT2D eigenvalue weighted by Crippen LogP contribution is 2.23. The van der Waals surface area contributed by atoms with Crippen molar-refractivity contribution in [3.8, 4) is 0 Å². The van der Waals surface area contributed by atoms with E-state index in [9.17, 15) is 9.59 Å². The van der Waals surface area contributed by atoms with Gasteiger partial charge in [-0.1, -0.05) is 18.2 Å². The van der Waals surface area contributed by atoms with Crippen LogP contribution in [0.15, 0.2) is 48.5 Å². The highest BCUT2D eigenvalue weighted by atomic mass is 16.2. The van der Waals surface area contributed by atoms with Crippen molar-refractivity contribution in [2.75, 3.05) is 37.4 Å². The number of nitrogens with one attached hydrogen (secondary N) is 1. The van der Waals surface area contributed by atoms with E-state index in [0.717, 1.165) is 24.3 Å². The van der Waals surface area contributed by atoms with Gasteiger partial charge in [0.05, 0.1) is 0 Å². The molecule has 0 bridgehead atoms. The van der Waals surface area contributed by atoms with E-state index in [-0.39, 0.29) is 11.8 Å². The molecule has 1 aliphatic rings. The van der Waals surface area contributed by atoms with Gasteiger partial charge >= 0.3 is 0 Å². The zero-order chi connectivity index (χ0) is 19.9. The highest BCUT2D eigenvalue weighted by Gasteiger charge is 2.12. The van der Waals surface area contributed by atoms with E-state index < -0.39 is 0 Å². The molecule has 3 rings (SSSR count). The molecule has 1 saturated heterocycles. The first-order chi connectivity index (χ1) is 13.5. The largest absolute Gasteiger partial charge is 0.371 e. The number of carbonyl (C=O) groups is 2. The van der Waals surface area contributed by atoms with Crippen LogP contribution in [0.25, 0.3) is 0 Å². The second kappa shape index (κ2) is 9.40. The molecule has 1 fully saturated rings. The standard InChI is InChI=1S/C23H29N3O2/c1-25(2)23(28)19-12-9-18(10-13-19)11-14-22(27)24-20-7-6-8-21(17-20)26-15-4-3-5-16-26/h6-10,12-13,17H,3-5,11,14-16H2,1-2H3,(H,24,27). The van der Waals surface area contributed by atoms with Gasteiger partial charge in [0.2, 0.25) is 5.91 Å². The van der Waals surface area contributed by atoms with Crippen LogP contribution in [-0.4, -0.2) is 43.9 Å². The summed E-state index contributed by atoms with van der Waals surface area (Å²) >= 11 is 0. The summed E-state index contributed by atoms with van der Waals surface area (Å²) in [6.45, 7) is 2.17. The third-order valence-corrected chi connectivity index (χ3v) is 5.10. The highest BCUT2D eigenvalue weighted by molar-refractivity contribution is 5.94. The number of piperidine rings is 1. The Morgan fingerprint density at radius 2 is 1.71 bits per heavy atom. The molecule has 148 valence electrons. The van der Waals surface area contributed by atoms with Gasteiger partial charge in [-0.25, -0.2) is 0 Å². The third kappa shape index (κ3) is 5.35. The van der Waals surface area contributed by atoms with Crippen molar-refractivity contribution in [3.63, 3.8) is 0 Å². The molecule has 2 aromatic carbocycles. The smallest absolute Gasteiger partial charge is 0.253 e. The molecule has 0 saturated carbocycles. The Morgan fingerprint density at radius 1 is 1.00 bits per heavy atom. The number of hydrogen-bond donors (Lipinski definition) is 1. The number of carbonyl (C=O) groups excluding carboxylic acids is 2. The van der Waals surface area contributed by atoms with Crippen molar-refractivity contribution >= 4 is 23.2 Å². The van der Waals surface area contributed by atoms with E-state index in [4.69, 9.17) is 0 Å². The maximum Gasteiger partial charge on any atom is 0.253 e. The number of anilines is 2. The van der Waals surface area contributed by atoms with Crippen molar-refractivity contribution in [2.24, 2.45) is 0 Å². The summed E-state index contributed by atoms with van der Waals surface area (Å²) in [4.78, 5) is 28.2. The first-order valence-corrected chi connectivity index (χ1v) is 9.98. The monoisotopic (exact) mass is 379 g/mol. The molecule has 0 unspecified atom stereocenters. The first kappa shape index (κ1) is 19.9. The first-order valence-electron chi connectivity index (χ1n) is 9.98. The molecular formula is C23H29N3O2. The van der Waals surface area contributed by atoms with Gasteiger partial charge < -0.3 is 15.1 Å². The van der Waals surface area contributed by atoms with Crippen LogP contribution >= 0.6 is 0 Å². The van der Waals surface area contributed by atoms with Crippen molar-refractivity contribution in [1.82, 2.24) is 4.90 Å². The molecule has 0 radical (unpaired) electrons. The van der Waals surface area contributed by atoms with E-state index >= 15 is 0 Å². The molecule has 2 amide bonds. The van der Waals surface area contributed by atoms with Crippen molar-refractivity contribution in [3.05, 3.63) is 59.7 Å². The van der Waals surface area contributed by atoms with Crippen molar-refractivity contribution in [2.45, 2.75) is 32.1 Å². The lowest BCUT2D eigenvalue weighted by Crippen LogP contribution is -2.29. The van der Waals surface area contributed by atoms with E-state index in [0.29, 0.717) is 18.4 Å². The summed E-state index contributed by atoms with van der Waals surface area (Å²) in [5.41, 5.74) is 3.74. The molecule has 0 spiro atoms. The number of nitrogens with zero attached hydrogens (tertiary/aromatic N) is 2. The number of amides is 2. The van der Waals surface area contributed by atoms with Crippen LogP contribution in [0.5, 0.6) is 0 Å². The van der Waals surface area contributed by atoms with Crippen LogP contribution in [-0.2, 0) is 11.2 Å². The summed E-state index contributed by atoms with van der Waals surface area (Å²) in [7, 11) is 3.47. The topological polar surface area (TPSA) is 52.7 Å². The molecule has 28 heavy (non-hydrogen) atoms. The predicted octanol–water partition coefficient (Wildman–Crippen LogP) is 3.95. The molecule has 1 aliphatic heterocycles. The molecular weight excluding hydrogens is 350 g/mol. The molecule has 5 heteroatoms. The average molecular weight is 380 g/mol. The van der Waals surface area contributed by atoms with E-state index in [2.05, 4.69) is 22.3 Å². The Labute approximate surface area is 167 Å². The van der Waals surface area contributed by atoms with Gasteiger partial charge in [-0.2, -0.15) is 0 Å². The second-order valence-corrected chi connectivity index (χ2v) is 7.54. The SMILES string of the molecule is CN(C)C(=O)c1ccc(CCC(=O)Nc2cccc(N3CCCCC3)c2)cc1. The lowest BCUT2D eigenvalue weighted by Gasteiger charge is -2.29. The summed E-state index contributed by atoms with van der Waals surface area (Å²) in [5.74, 6) is -0.0119. The van der Waals surface area contributed by atoms with Gasteiger partial charge in [0.25, 0.3) is 5.91 Å². The summed E-state index contributed by atoms with van der Waals surface area (Å²) in [5, 5.41) is 3.01. The van der Waals surface area contributed by atoms with Crippen molar-refractivity contribution < 1.29 is 9.59 Å². The van der Waals surface area contributed by atoms with Crippen LogP contribution in [0.3, 0.4) is 0 Å². The number of aryl methyl sites for hydroxylation is 1. The Bertz CT molecular complexity index is 809. The maximum atomic E-state index is 12.4.